The van der Waals surface area contributed by atoms with E-state index in [2.05, 4.69) is 4.74 Å². The van der Waals surface area contributed by atoms with Gasteiger partial charge < -0.3 is 9.47 Å². The number of rotatable bonds is 0. The first kappa shape index (κ1) is 7.21. The molecule has 1 rings (SSSR count). The summed E-state index contributed by atoms with van der Waals surface area (Å²) in [7, 11) is 0. The van der Waals surface area contributed by atoms with Crippen molar-refractivity contribution in [2.45, 2.75) is 26.1 Å². The molecule has 4 nitrogen and oxygen atoms in total. The minimum absolute atomic E-state index is 0.608. The molecule has 56 valence electrons. The van der Waals surface area contributed by atoms with Crippen molar-refractivity contribution in [3.8, 4) is 0 Å². The highest BCUT2D eigenvalue weighted by Gasteiger charge is 2.31. The lowest BCUT2D eigenvalue weighted by atomic mass is 10.3. The molecule has 1 aliphatic heterocycles. The van der Waals surface area contributed by atoms with Crippen molar-refractivity contribution in [2.75, 3.05) is 0 Å². The van der Waals surface area contributed by atoms with Gasteiger partial charge in [0.1, 0.15) is 0 Å². The van der Waals surface area contributed by atoms with Crippen molar-refractivity contribution in [1.29, 1.82) is 0 Å². The third kappa shape index (κ3) is 1.16. The molecule has 10 heavy (non-hydrogen) atoms. The van der Waals surface area contributed by atoms with Crippen LogP contribution in [0.2, 0.25) is 0 Å². The van der Waals surface area contributed by atoms with Gasteiger partial charge in [-0.05, 0) is 13.8 Å². The van der Waals surface area contributed by atoms with Gasteiger partial charge in [-0.3, -0.25) is 0 Å². The molecule has 0 amide bonds. The summed E-state index contributed by atoms with van der Waals surface area (Å²) in [6, 6.07) is 0. The van der Waals surface area contributed by atoms with Gasteiger partial charge in [0.25, 0.3) is 0 Å². The average Bonchev–Trinajstić information content (AvgIpc) is 1.84. The molecule has 0 spiro atoms. The summed E-state index contributed by atoms with van der Waals surface area (Å²) in [4.78, 5) is 21.2. The van der Waals surface area contributed by atoms with Crippen molar-refractivity contribution < 1.29 is 19.1 Å². The Morgan fingerprint density at radius 3 is 1.80 bits per heavy atom. The number of ether oxygens (including phenoxy) is 2. The third-order valence-corrected chi connectivity index (χ3v) is 1.27. The molecule has 0 unspecified atom stereocenters. The van der Waals surface area contributed by atoms with Crippen LogP contribution in [0.25, 0.3) is 0 Å². The Morgan fingerprint density at radius 2 is 1.50 bits per heavy atom. The molecule has 0 aromatic carbocycles. The maximum Gasteiger partial charge on any atom is 0.342 e. The van der Waals surface area contributed by atoms with Crippen LogP contribution in [-0.4, -0.2) is 24.1 Å². The summed E-state index contributed by atoms with van der Waals surface area (Å²) in [6.45, 7) is 3.09. The second kappa shape index (κ2) is 2.38. The number of carbonyl (C=O) groups is 2. The zero-order valence-electron chi connectivity index (χ0n) is 5.79. The number of hydrogen-bond donors (Lipinski definition) is 0. The molecular formula is C6H8O4. The number of hydrogen-bond acceptors (Lipinski definition) is 4. The van der Waals surface area contributed by atoms with Crippen molar-refractivity contribution in [1.82, 2.24) is 0 Å². The lowest BCUT2D eigenvalue weighted by Gasteiger charge is -2.21. The van der Waals surface area contributed by atoms with E-state index < -0.39 is 24.1 Å². The van der Waals surface area contributed by atoms with Crippen LogP contribution in [0.5, 0.6) is 0 Å². The summed E-state index contributed by atoms with van der Waals surface area (Å²) in [5.74, 6) is -1.22. The summed E-state index contributed by atoms with van der Waals surface area (Å²) in [6.07, 6.45) is -1.24. The predicted octanol–water partition coefficient (Wildman–Crippen LogP) is -0.137. The maximum absolute atomic E-state index is 10.6. The first-order valence-corrected chi connectivity index (χ1v) is 3.02. The maximum atomic E-state index is 10.6. The minimum atomic E-state index is -0.618. The second-order valence-electron chi connectivity index (χ2n) is 2.16. The van der Waals surface area contributed by atoms with Gasteiger partial charge in [0.15, 0.2) is 12.2 Å². The van der Waals surface area contributed by atoms with E-state index in [4.69, 9.17) is 4.74 Å². The van der Waals surface area contributed by atoms with Gasteiger partial charge in [0.05, 0.1) is 0 Å². The Balaban J connectivity index is 2.63. The largest absolute Gasteiger partial charge is 0.389 e. The van der Waals surface area contributed by atoms with Crippen molar-refractivity contribution >= 4 is 11.9 Å². The van der Waals surface area contributed by atoms with Crippen LogP contribution in [0.4, 0.5) is 0 Å². The molecule has 0 aromatic heterocycles. The van der Waals surface area contributed by atoms with Crippen LogP contribution in [-0.2, 0) is 19.1 Å². The van der Waals surface area contributed by atoms with Gasteiger partial charge >= 0.3 is 11.9 Å². The first-order valence-electron chi connectivity index (χ1n) is 3.02. The van der Waals surface area contributed by atoms with Gasteiger partial charge in [-0.2, -0.15) is 0 Å². The number of esters is 2. The Bertz CT molecular complexity index is 157. The Labute approximate surface area is 58.1 Å². The molecule has 1 heterocycles. The molecular weight excluding hydrogens is 136 g/mol. The van der Waals surface area contributed by atoms with E-state index in [0.717, 1.165) is 0 Å². The van der Waals surface area contributed by atoms with Crippen LogP contribution >= 0.6 is 0 Å². The van der Waals surface area contributed by atoms with E-state index in [0.29, 0.717) is 0 Å². The van der Waals surface area contributed by atoms with Crippen molar-refractivity contribution in [3.05, 3.63) is 0 Å². The topological polar surface area (TPSA) is 52.6 Å². The Morgan fingerprint density at radius 1 is 1.10 bits per heavy atom. The fraction of sp³-hybridized carbons (Fsp3) is 0.667. The van der Waals surface area contributed by atoms with Gasteiger partial charge in [0.2, 0.25) is 0 Å². The molecule has 0 N–H and O–H groups in total. The van der Waals surface area contributed by atoms with Gasteiger partial charge in [-0.1, -0.05) is 0 Å². The quantitative estimate of drug-likeness (QED) is 0.351. The van der Waals surface area contributed by atoms with E-state index in [1.807, 2.05) is 0 Å². The van der Waals surface area contributed by atoms with E-state index >= 15 is 0 Å². The molecule has 4 heteroatoms. The van der Waals surface area contributed by atoms with Crippen LogP contribution in [0.3, 0.4) is 0 Å². The van der Waals surface area contributed by atoms with E-state index in [9.17, 15) is 9.59 Å². The lowest BCUT2D eigenvalue weighted by Crippen LogP contribution is -2.40. The van der Waals surface area contributed by atoms with E-state index in [-0.39, 0.29) is 0 Å². The normalized spacial score (nSPS) is 33.8. The predicted molar refractivity (Wildman–Crippen MR) is 31.1 cm³/mol. The fourth-order valence-corrected chi connectivity index (χ4v) is 0.682. The molecule has 0 aliphatic carbocycles. The van der Waals surface area contributed by atoms with E-state index in [1.165, 1.54) is 0 Å². The van der Waals surface area contributed by atoms with Crippen molar-refractivity contribution in [3.63, 3.8) is 0 Å². The molecule has 0 radical (unpaired) electrons. The molecule has 0 aromatic rings. The van der Waals surface area contributed by atoms with Crippen LogP contribution < -0.4 is 0 Å². The number of cyclic esters (lactones) is 2. The SMILES string of the molecule is C[C@@H]1O[C@@H](C)C(=O)OC1=O. The highest BCUT2D eigenvalue weighted by molar-refractivity contribution is 5.91. The van der Waals surface area contributed by atoms with Crippen LogP contribution in [0.15, 0.2) is 0 Å². The first-order chi connectivity index (χ1) is 4.61. The van der Waals surface area contributed by atoms with E-state index in [1.54, 1.807) is 13.8 Å². The smallest absolute Gasteiger partial charge is 0.342 e. The second-order valence-corrected chi connectivity index (χ2v) is 2.16. The lowest BCUT2D eigenvalue weighted by molar-refractivity contribution is -0.190. The fourth-order valence-electron chi connectivity index (χ4n) is 0.682. The van der Waals surface area contributed by atoms with Gasteiger partial charge in [-0.15, -0.1) is 0 Å². The summed E-state index contributed by atoms with van der Waals surface area (Å²) >= 11 is 0. The Kier molecular flexibility index (Phi) is 1.72. The molecule has 1 fully saturated rings. The zero-order valence-corrected chi connectivity index (χ0v) is 5.79. The molecule has 2 atom stereocenters. The highest BCUT2D eigenvalue weighted by Crippen LogP contribution is 2.08. The van der Waals surface area contributed by atoms with Crippen LogP contribution in [0.1, 0.15) is 13.8 Å². The molecule has 0 bridgehead atoms. The van der Waals surface area contributed by atoms with Gasteiger partial charge in [0, 0.05) is 0 Å². The average molecular weight is 144 g/mol. The molecule has 0 saturated carbocycles. The Hall–Kier alpha value is -0.900. The molecule has 1 saturated heterocycles. The van der Waals surface area contributed by atoms with Gasteiger partial charge in [-0.25, -0.2) is 9.59 Å². The third-order valence-electron chi connectivity index (χ3n) is 1.27. The monoisotopic (exact) mass is 144 g/mol. The zero-order chi connectivity index (χ0) is 7.72. The standard InChI is InChI=1S/C6H8O4/c1-3-5(7)10-6(8)4(2)9-3/h3-4H,1-2H3/t3-,4-/m0/s1. The number of carbonyl (C=O) groups excluding carboxylic acids is 2. The summed E-state index contributed by atoms with van der Waals surface area (Å²) in [5.41, 5.74) is 0. The minimum Gasteiger partial charge on any atom is -0.389 e. The van der Waals surface area contributed by atoms with Crippen molar-refractivity contribution in [2.24, 2.45) is 0 Å². The summed E-state index contributed by atoms with van der Waals surface area (Å²) < 4.78 is 9.19. The highest BCUT2D eigenvalue weighted by atomic mass is 16.6. The van der Waals surface area contributed by atoms with Crippen LogP contribution in [0, 0.1) is 0 Å². The summed E-state index contributed by atoms with van der Waals surface area (Å²) in [5, 5.41) is 0. The molecule has 1 aliphatic rings.